The summed E-state index contributed by atoms with van der Waals surface area (Å²) < 4.78 is 41.3. The standard InChI is InChI=1S/C48H52N7O7PS/c1-32(2)55(33(3)4)63(60-28-14-27-49)62-42-40(61-47(43(42)59-7)54-31-52-41-44(50-30-51-45(41)54)53-46(56)34-15-10-8-11-16-34)29-64-48(35-17-12-9-13-18-35,36-19-23-38(57-5)24-20-36)37-21-25-39(58-6)26-22-37/h8-13,15-26,30-33,43,47H,14,28-29H2,1-7H3,(H,50,51,53,56)/t43-,47?,63?/m0/s1. The molecule has 0 bridgehead atoms. The first-order chi connectivity index (χ1) is 31.1. The first-order valence-electron chi connectivity index (χ1n) is 20.8. The van der Waals surface area contributed by atoms with Crippen molar-refractivity contribution in [2.45, 2.75) is 63.3 Å². The van der Waals surface area contributed by atoms with Gasteiger partial charge in [-0.3, -0.25) is 9.36 Å². The summed E-state index contributed by atoms with van der Waals surface area (Å²) in [5.41, 5.74) is 4.29. The molecular weight excluding hydrogens is 850 g/mol. The van der Waals surface area contributed by atoms with Crippen LogP contribution in [0.5, 0.6) is 11.5 Å². The second-order valence-corrected chi connectivity index (χ2v) is 17.8. The third kappa shape index (κ3) is 9.72. The quantitative estimate of drug-likeness (QED) is 0.0440. The van der Waals surface area contributed by atoms with Crippen LogP contribution >= 0.6 is 20.3 Å². The van der Waals surface area contributed by atoms with Gasteiger partial charge in [0.25, 0.3) is 5.91 Å². The Kier molecular flexibility index (Phi) is 15.2. The van der Waals surface area contributed by atoms with Crippen molar-refractivity contribution in [3.05, 3.63) is 156 Å². The van der Waals surface area contributed by atoms with E-state index in [1.807, 2.05) is 48.5 Å². The normalized spacial score (nSPS) is 15.6. The molecule has 1 aliphatic rings. The summed E-state index contributed by atoms with van der Waals surface area (Å²) in [4.78, 5) is 27.0. The van der Waals surface area contributed by atoms with E-state index >= 15 is 0 Å². The van der Waals surface area contributed by atoms with Gasteiger partial charge in [0, 0.05) is 24.8 Å². The van der Waals surface area contributed by atoms with Crippen molar-refractivity contribution in [1.82, 2.24) is 24.2 Å². The van der Waals surface area contributed by atoms with Gasteiger partial charge >= 0.3 is 8.53 Å². The highest BCUT2D eigenvalue weighted by Crippen LogP contribution is 2.54. The maximum absolute atomic E-state index is 13.3. The lowest BCUT2D eigenvalue weighted by atomic mass is 9.84. The zero-order valence-corrected chi connectivity index (χ0v) is 38.6. The Morgan fingerprint density at radius 1 is 0.859 bits per heavy atom. The number of benzene rings is 4. The minimum absolute atomic E-state index is 0.0282. The Hall–Kier alpha value is -6.01. The number of carbonyl (C=O) groups excluding carboxylic acids is 1. The number of rotatable bonds is 20. The molecule has 2 aromatic heterocycles. The molecule has 1 N–H and O–H groups in total. The largest absolute Gasteiger partial charge is 0.497 e. The summed E-state index contributed by atoms with van der Waals surface area (Å²) in [6.07, 6.45) is 1.50. The molecule has 4 aromatic carbocycles. The molecule has 1 aliphatic heterocycles. The fraction of sp³-hybridized carbons (Fsp3) is 0.312. The van der Waals surface area contributed by atoms with Crippen molar-refractivity contribution in [1.29, 1.82) is 5.26 Å². The van der Waals surface area contributed by atoms with Gasteiger partial charge in [0.05, 0.1) is 43.8 Å². The Morgan fingerprint density at radius 3 is 2.02 bits per heavy atom. The Labute approximate surface area is 379 Å². The van der Waals surface area contributed by atoms with Gasteiger partial charge in [-0.25, -0.2) is 19.6 Å². The number of nitriles is 1. The van der Waals surface area contributed by atoms with Gasteiger partial charge in [-0.2, -0.15) is 5.26 Å². The number of amides is 1. The summed E-state index contributed by atoms with van der Waals surface area (Å²) in [6.45, 7) is 8.51. The lowest BCUT2D eigenvalue weighted by Crippen LogP contribution is -2.34. The molecular formula is C48H52N7O7PS. The minimum Gasteiger partial charge on any atom is -0.497 e. The van der Waals surface area contributed by atoms with E-state index < -0.39 is 25.6 Å². The van der Waals surface area contributed by atoms with E-state index in [0.717, 1.165) is 28.2 Å². The number of carbonyl (C=O) groups is 1. The van der Waals surface area contributed by atoms with Crippen molar-refractivity contribution < 1.29 is 32.8 Å². The molecule has 2 unspecified atom stereocenters. The van der Waals surface area contributed by atoms with E-state index in [1.165, 1.54) is 6.33 Å². The molecule has 16 heteroatoms. The van der Waals surface area contributed by atoms with E-state index in [2.05, 4.69) is 95.1 Å². The van der Waals surface area contributed by atoms with Crippen LogP contribution in [0.2, 0.25) is 0 Å². The molecule has 3 atom stereocenters. The molecule has 0 radical (unpaired) electrons. The maximum atomic E-state index is 13.3. The number of aromatic nitrogens is 4. The van der Waals surface area contributed by atoms with Gasteiger partial charge in [-0.05, 0) is 80.8 Å². The van der Waals surface area contributed by atoms with Crippen molar-refractivity contribution >= 4 is 43.2 Å². The average molecular weight is 902 g/mol. The van der Waals surface area contributed by atoms with Crippen molar-refractivity contribution in [3.8, 4) is 17.6 Å². The highest BCUT2D eigenvalue weighted by Gasteiger charge is 2.46. The number of methoxy groups -OCH3 is 3. The SMILES string of the molecule is COc1ccc(C(SCC2=C(OP(OCCC#N)N(C(C)C)C(C)C)[C@H](OC)C(n3cnc4c(NC(=O)c5ccccc5)ncnc43)O2)(c2ccccc2)c2ccc(OC)cc2)cc1. The number of imidazole rings is 1. The van der Waals surface area contributed by atoms with Crippen LogP contribution in [0.4, 0.5) is 5.82 Å². The summed E-state index contributed by atoms with van der Waals surface area (Å²) in [5, 5.41) is 12.4. The van der Waals surface area contributed by atoms with E-state index in [-0.39, 0.29) is 36.8 Å². The molecule has 6 aromatic rings. The van der Waals surface area contributed by atoms with Crippen LogP contribution in [0.25, 0.3) is 11.2 Å². The molecule has 1 amide bonds. The first kappa shape index (κ1) is 46.0. The van der Waals surface area contributed by atoms with Crippen molar-refractivity contribution in [3.63, 3.8) is 0 Å². The molecule has 0 saturated carbocycles. The van der Waals surface area contributed by atoms with Gasteiger partial charge in [0.1, 0.15) is 24.2 Å². The van der Waals surface area contributed by atoms with E-state index in [4.69, 9.17) is 28.0 Å². The highest BCUT2D eigenvalue weighted by atomic mass is 32.2. The molecule has 0 saturated heterocycles. The van der Waals surface area contributed by atoms with E-state index in [0.29, 0.717) is 34.0 Å². The second kappa shape index (κ2) is 21.1. The van der Waals surface area contributed by atoms with E-state index in [1.54, 1.807) is 68.3 Å². The number of ether oxygens (including phenoxy) is 4. The van der Waals surface area contributed by atoms with Crippen LogP contribution < -0.4 is 14.8 Å². The number of fused-ring (bicyclic) bond motifs is 1. The van der Waals surface area contributed by atoms with Gasteiger partial charge in [-0.15, -0.1) is 11.8 Å². The number of hydrogen-bond acceptors (Lipinski definition) is 13. The molecule has 64 heavy (non-hydrogen) atoms. The van der Waals surface area contributed by atoms with Crippen molar-refractivity contribution in [2.24, 2.45) is 0 Å². The Bertz CT molecular complexity index is 2500. The number of hydrogen-bond donors (Lipinski definition) is 1. The fourth-order valence-electron chi connectivity index (χ4n) is 7.70. The number of thioether (sulfide) groups is 1. The Balaban J connectivity index is 1.35. The maximum Gasteiger partial charge on any atom is 0.321 e. The number of nitrogens with zero attached hydrogens (tertiary/aromatic N) is 6. The third-order valence-electron chi connectivity index (χ3n) is 10.6. The monoisotopic (exact) mass is 901 g/mol. The smallest absolute Gasteiger partial charge is 0.321 e. The predicted octanol–water partition coefficient (Wildman–Crippen LogP) is 9.87. The summed E-state index contributed by atoms with van der Waals surface area (Å²) in [6, 6.07) is 37.7. The summed E-state index contributed by atoms with van der Waals surface area (Å²) >= 11 is 1.66. The molecule has 14 nitrogen and oxygen atoms in total. The van der Waals surface area contributed by atoms with Gasteiger partial charge < -0.3 is 33.3 Å². The lowest BCUT2D eigenvalue weighted by Gasteiger charge is -2.36. The average Bonchev–Trinajstić information content (AvgIpc) is 3.91. The van der Waals surface area contributed by atoms with Gasteiger partial charge in [0.15, 0.2) is 34.6 Å². The van der Waals surface area contributed by atoms with Crippen LogP contribution in [0.1, 0.15) is 67.4 Å². The molecule has 332 valence electrons. The second-order valence-electron chi connectivity index (χ2n) is 15.2. The highest BCUT2D eigenvalue weighted by molar-refractivity contribution is 8.00. The van der Waals surface area contributed by atoms with Crippen molar-refractivity contribution in [2.75, 3.05) is 39.0 Å². The minimum atomic E-state index is -1.79. The third-order valence-corrected chi connectivity index (χ3v) is 14.2. The molecule has 0 spiro atoms. The Morgan fingerprint density at radius 2 is 1.45 bits per heavy atom. The number of nitrogens with one attached hydrogen (secondary N) is 1. The summed E-state index contributed by atoms with van der Waals surface area (Å²) in [7, 11) is 3.12. The summed E-state index contributed by atoms with van der Waals surface area (Å²) in [5.74, 6) is 2.63. The zero-order valence-electron chi connectivity index (χ0n) is 36.9. The topological polar surface area (TPSA) is 155 Å². The molecule has 0 aliphatic carbocycles. The van der Waals surface area contributed by atoms with Crippen LogP contribution in [0.15, 0.2) is 133 Å². The molecule has 3 heterocycles. The predicted molar refractivity (Wildman–Crippen MR) is 249 cm³/mol. The first-order valence-corrected chi connectivity index (χ1v) is 23.0. The number of anilines is 1. The van der Waals surface area contributed by atoms with Gasteiger partial charge in [-0.1, -0.05) is 72.8 Å². The van der Waals surface area contributed by atoms with Crippen LogP contribution in [0, 0.1) is 11.3 Å². The fourth-order valence-corrected chi connectivity index (χ4v) is 10.8. The van der Waals surface area contributed by atoms with Crippen LogP contribution in [0.3, 0.4) is 0 Å². The molecule has 0 fully saturated rings. The van der Waals surface area contributed by atoms with Gasteiger partial charge in [0.2, 0.25) is 6.23 Å². The molecule has 7 rings (SSSR count). The van der Waals surface area contributed by atoms with Crippen LogP contribution in [-0.2, 0) is 23.3 Å². The lowest BCUT2D eigenvalue weighted by molar-refractivity contribution is -0.0275. The van der Waals surface area contributed by atoms with Crippen LogP contribution in [-0.4, -0.2) is 82.0 Å². The zero-order chi connectivity index (χ0) is 45.2. The van der Waals surface area contributed by atoms with E-state index in [9.17, 15) is 10.1 Å².